The second-order valence-electron chi connectivity index (χ2n) is 5.13. The number of aromatic nitrogens is 3. The summed E-state index contributed by atoms with van der Waals surface area (Å²) in [4.78, 5) is 18.4. The van der Waals surface area contributed by atoms with E-state index in [9.17, 15) is 4.79 Å². The van der Waals surface area contributed by atoms with Crippen molar-refractivity contribution < 1.29 is 4.79 Å². The van der Waals surface area contributed by atoms with E-state index in [2.05, 4.69) is 16.0 Å². The summed E-state index contributed by atoms with van der Waals surface area (Å²) < 4.78 is 1.61. The molecule has 0 aromatic carbocycles. The first-order chi connectivity index (χ1) is 11.5. The van der Waals surface area contributed by atoms with Crippen LogP contribution >= 0.6 is 23.4 Å². The topological polar surface area (TPSA) is 51.0 Å². The van der Waals surface area contributed by atoms with E-state index in [-0.39, 0.29) is 21.6 Å². The number of nitrogens with zero attached hydrogens (tertiary/aromatic N) is 4. The maximum Gasteiger partial charge on any atom is 0.239 e. The molecule has 2 aromatic heterocycles. The first-order valence-corrected chi connectivity index (χ1v) is 8.88. The largest absolute Gasteiger partial charge is 0.308 e. The van der Waals surface area contributed by atoms with E-state index in [1.807, 2.05) is 32.9 Å². The van der Waals surface area contributed by atoms with E-state index in [1.54, 1.807) is 28.2 Å². The van der Waals surface area contributed by atoms with Crippen molar-refractivity contribution in [2.75, 3.05) is 11.4 Å². The Hall–Kier alpha value is -1.97. The van der Waals surface area contributed by atoms with Crippen molar-refractivity contribution in [2.45, 2.75) is 31.3 Å². The number of carbonyl (C=O) groups is 1. The molecule has 0 saturated heterocycles. The SMILES string of the molecule is C#CC(C)SC(C)C(=O)N(CC)c1cn(-c2cccnc2)nc1Cl. The molecule has 0 aliphatic rings. The summed E-state index contributed by atoms with van der Waals surface area (Å²) in [6.45, 7) is 6.14. The van der Waals surface area contributed by atoms with E-state index in [0.29, 0.717) is 12.2 Å². The van der Waals surface area contributed by atoms with Crippen LogP contribution in [0.25, 0.3) is 5.69 Å². The second-order valence-corrected chi connectivity index (χ2v) is 7.18. The van der Waals surface area contributed by atoms with Gasteiger partial charge in [-0.2, -0.15) is 5.10 Å². The number of pyridine rings is 1. The summed E-state index contributed by atoms with van der Waals surface area (Å²) in [5, 5.41) is 4.25. The van der Waals surface area contributed by atoms with Crippen LogP contribution in [0.2, 0.25) is 5.15 Å². The Kier molecular flexibility index (Phi) is 6.29. The summed E-state index contributed by atoms with van der Waals surface area (Å²) in [6.07, 6.45) is 10.5. The third-order valence-corrected chi connectivity index (χ3v) is 4.85. The average Bonchev–Trinajstić information content (AvgIpc) is 2.97. The summed E-state index contributed by atoms with van der Waals surface area (Å²) in [7, 11) is 0. The third kappa shape index (κ3) is 4.11. The van der Waals surface area contributed by atoms with Gasteiger partial charge in [0.2, 0.25) is 5.91 Å². The van der Waals surface area contributed by atoms with Gasteiger partial charge in [0, 0.05) is 12.7 Å². The van der Waals surface area contributed by atoms with Gasteiger partial charge in [-0.3, -0.25) is 9.78 Å². The molecule has 126 valence electrons. The highest BCUT2D eigenvalue weighted by Gasteiger charge is 2.25. The van der Waals surface area contributed by atoms with Crippen LogP contribution in [0.15, 0.2) is 30.7 Å². The van der Waals surface area contributed by atoms with Gasteiger partial charge in [-0.15, -0.1) is 18.2 Å². The minimum Gasteiger partial charge on any atom is -0.308 e. The molecule has 0 bridgehead atoms. The quantitative estimate of drug-likeness (QED) is 0.739. The molecule has 0 spiro atoms. The smallest absolute Gasteiger partial charge is 0.239 e. The van der Waals surface area contributed by atoms with Crippen LogP contribution in [0.3, 0.4) is 0 Å². The zero-order valence-electron chi connectivity index (χ0n) is 13.8. The maximum absolute atomic E-state index is 12.8. The Morgan fingerprint density at radius 3 is 2.88 bits per heavy atom. The molecule has 2 unspecified atom stereocenters. The molecule has 2 atom stereocenters. The summed E-state index contributed by atoms with van der Waals surface area (Å²) >= 11 is 7.71. The number of hydrogen-bond acceptors (Lipinski definition) is 4. The minimum atomic E-state index is -0.270. The van der Waals surface area contributed by atoms with Crippen LogP contribution in [0, 0.1) is 12.3 Å². The first kappa shape index (κ1) is 18.4. The van der Waals surface area contributed by atoms with Crippen molar-refractivity contribution in [3.05, 3.63) is 35.9 Å². The van der Waals surface area contributed by atoms with Crippen molar-refractivity contribution in [1.82, 2.24) is 14.8 Å². The number of carbonyl (C=O) groups excluding carboxylic acids is 1. The summed E-state index contributed by atoms with van der Waals surface area (Å²) in [5.74, 6) is 2.58. The molecule has 2 heterocycles. The zero-order chi connectivity index (χ0) is 17.7. The molecule has 2 rings (SSSR count). The molecule has 0 radical (unpaired) electrons. The van der Waals surface area contributed by atoms with Gasteiger partial charge in [-0.25, -0.2) is 4.68 Å². The van der Waals surface area contributed by atoms with Gasteiger partial charge >= 0.3 is 0 Å². The highest BCUT2D eigenvalue weighted by atomic mass is 35.5. The van der Waals surface area contributed by atoms with Gasteiger partial charge in [0.15, 0.2) is 5.15 Å². The van der Waals surface area contributed by atoms with Gasteiger partial charge in [0.1, 0.15) is 5.69 Å². The number of hydrogen-bond donors (Lipinski definition) is 0. The molecule has 0 aliphatic carbocycles. The van der Waals surface area contributed by atoms with Gasteiger partial charge in [0.05, 0.1) is 28.6 Å². The Balaban J connectivity index is 2.26. The molecule has 1 amide bonds. The molecular formula is C17H19ClN4OS. The van der Waals surface area contributed by atoms with E-state index in [4.69, 9.17) is 18.0 Å². The van der Waals surface area contributed by atoms with Gasteiger partial charge in [-0.1, -0.05) is 17.5 Å². The van der Waals surface area contributed by atoms with Gasteiger partial charge < -0.3 is 4.90 Å². The molecule has 0 saturated carbocycles. The Morgan fingerprint density at radius 1 is 1.54 bits per heavy atom. The van der Waals surface area contributed by atoms with E-state index < -0.39 is 0 Å². The van der Waals surface area contributed by atoms with Crippen LogP contribution in [0.5, 0.6) is 0 Å². The van der Waals surface area contributed by atoms with Crippen LogP contribution < -0.4 is 4.90 Å². The van der Waals surface area contributed by atoms with Crippen molar-refractivity contribution in [2.24, 2.45) is 0 Å². The zero-order valence-corrected chi connectivity index (χ0v) is 15.4. The van der Waals surface area contributed by atoms with Crippen molar-refractivity contribution in [3.63, 3.8) is 0 Å². The van der Waals surface area contributed by atoms with Crippen LogP contribution in [0.4, 0.5) is 5.69 Å². The fraction of sp³-hybridized carbons (Fsp3) is 0.353. The van der Waals surface area contributed by atoms with E-state index >= 15 is 0 Å². The van der Waals surface area contributed by atoms with Gasteiger partial charge in [0.25, 0.3) is 0 Å². The number of thioether (sulfide) groups is 1. The average molecular weight is 363 g/mol. The lowest BCUT2D eigenvalue weighted by Crippen LogP contribution is -2.37. The second kappa shape index (κ2) is 8.22. The molecule has 7 heteroatoms. The molecule has 0 fully saturated rings. The highest BCUT2D eigenvalue weighted by molar-refractivity contribution is 8.01. The summed E-state index contributed by atoms with van der Waals surface area (Å²) in [5.41, 5.74) is 1.35. The number of halogens is 1. The Morgan fingerprint density at radius 2 is 2.29 bits per heavy atom. The molecular weight excluding hydrogens is 344 g/mol. The third-order valence-electron chi connectivity index (χ3n) is 3.43. The number of rotatable bonds is 6. The predicted octanol–water partition coefficient (Wildman–Crippen LogP) is 3.42. The highest BCUT2D eigenvalue weighted by Crippen LogP contribution is 2.28. The molecule has 2 aromatic rings. The number of terminal acetylenes is 1. The fourth-order valence-electron chi connectivity index (χ4n) is 2.21. The molecule has 5 nitrogen and oxygen atoms in total. The van der Waals surface area contributed by atoms with Crippen molar-refractivity contribution in [1.29, 1.82) is 0 Å². The van der Waals surface area contributed by atoms with Crippen LogP contribution in [0.1, 0.15) is 20.8 Å². The lowest BCUT2D eigenvalue weighted by molar-refractivity contribution is -0.117. The van der Waals surface area contributed by atoms with Gasteiger partial charge in [-0.05, 0) is 32.9 Å². The number of anilines is 1. The lowest BCUT2D eigenvalue weighted by Gasteiger charge is -2.23. The lowest BCUT2D eigenvalue weighted by atomic mass is 10.3. The monoisotopic (exact) mass is 362 g/mol. The number of amides is 1. The maximum atomic E-state index is 12.8. The van der Waals surface area contributed by atoms with Crippen molar-refractivity contribution in [3.8, 4) is 18.0 Å². The molecule has 24 heavy (non-hydrogen) atoms. The molecule has 0 N–H and O–H groups in total. The summed E-state index contributed by atoms with van der Waals surface area (Å²) in [6, 6.07) is 3.68. The standard InChI is InChI=1S/C17H19ClN4OS/c1-5-12(3)24-13(4)17(23)21(6-2)15-11-22(20-16(15)18)14-8-7-9-19-10-14/h1,7-13H,6H2,2-4H3. The van der Waals surface area contributed by atoms with Crippen LogP contribution in [-0.2, 0) is 4.79 Å². The normalized spacial score (nSPS) is 13.1. The molecule has 0 aliphatic heterocycles. The predicted molar refractivity (Wildman–Crippen MR) is 99.7 cm³/mol. The Labute approximate surface area is 151 Å². The van der Waals surface area contributed by atoms with E-state index in [1.165, 1.54) is 11.8 Å². The Bertz CT molecular complexity index is 741. The first-order valence-electron chi connectivity index (χ1n) is 7.56. The fourth-order valence-corrected chi connectivity index (χ4v) is 3.38. The van der Waals surface area contributed by atoms with Crippen molar-refractivity contribution >= 4 is 35.0 Å². The van der Waals surface area contributed by atoms with Crippen LogP contribution in [-0.4, -0.2) is 37.7 Å². The minimum absolute atomic E-state index is 0.0313. The van der Waals surface area contributed by atoms with E-state index in [0.717, 1.165) is 5.69 Å².